The van der Waals surface area contributed by atoms with Crippen LogP contribution in [0.25, 0.3) is 77.3 Å². The first-order chi connectivity index (χ1) is 29.7. The van der Waals surface area contributed by atoms with E-state index in [1.165, 1.54) is 44.5 Å². The molecular formula is C57H37NO2. The van der Waals surface area contributed by atoms with Crippen LogP contribution in [0.1, 0.15) is 28.7 Å². The summed E-state index contributed by atoms with van der Waals surface area (Å²) in [5.41, 5.74) is 19.4. The first-order valence-electron chi connectivity index (χ1n) is 20.9. The van der Waals surface area contributed by atoms with Gasteiger partial charge in [-0.2, -0.15) is 0 Å². The second-order valence-electron chi connectivity index (χ2n) is 16.3. The average molecular weight is 768 g/mol. The topological polar surface area (TPSA) is 29.5 Å². The lowest BCUT2D eigenvalue weighted by atomic mass is 9.73. The molecule has 9 aromatic carbocycles. The van der Waals surface area contributed by atoms with Crippen LogP contribution in [0.4, 0.5) is 17.1 Å². The van der Waals surface area contributed by atoms with Crippen molar-refractivity contribution in [3.8, 4) is 33.4 Å². The summed E-state index contributed by atoms with van der Waals surface area (Å²) in [6.45, 7) is 0. The van der Waals surface area contributed by atoms with Crippen molar-refractivity contribution in [2.45, 2.75) is 18.3 Å². The highest BCUT2D eigenvalue weighted by atomic mass is 16.3. The van der Waals surface area contributed by atoms with Gasteiger partial charge in [0, 0.05) is 43.8 Å². The minimum Gasteiger partial charge on any atom is -0.455 e. The van der Waals surface area contributed by atoms with Crippen LogP contribution in [-0.4, -0.2) is 0 Å². The Labute approximate surface area is 347 Å². The third kappa shape index (κ3) is 4.66. The summed E-state index contributed by atoms with van der Waals surface area (Å²) in [6, 6.07) is 72.6. The maximum Gasteiger partial charge on any atom is 0.159 e. The second kappa shape index (κ2) is 12.7. The molecule has 60 heavy (non-hydrogen) atoms. The summed E-state index contributed by atoms with van der Waals surface area (Å²) in [5.74, 6) is 0. The van der Waals surface area contributed by atoms with Gasteiger partial charge in [0.15, 0.2) is 5.58 Å². The van der Waals surface area contributed by atoms with E-state index in [0.717, 1.165) is 84.9 Å². The molecule has 0 saturated heterocycles. The van der Waals surface area contributed by atoms with Gasteiger partial charge in [0.1, 0.15) is 16.7 Å². The molecule has 2 heterocycles. The zero-order chi connectivity index (χ0) is 39.4. The molecular weight excluding hydrogens is 731 g/mol. The Hall–Kier alpha value is -7.62. The van der Waals surface area contributed by atoms with E-state index in [1.54, 1.807) is 0 Å². The number of hydrogen-bond acceptors (Lipinski definition) is 3. The van der Waals surface area contributed by atoms with E-state index < -0.39 is 0 Å². The highest BCUT2D eigenvalue weighted by Gasteiger charge is 2.48. The Morgan fingerprint density at radius 1 is 0.383 bits per heavy atom. The first-order valence-corrected chi connectivity index (χ1v) is 20.9. The summed E-state index contributed by atoms with van der Waals surface area (Å²) >= 11 is 0. The summed E-state index contributed by atoms with van der Waals surface area (Å²) in [4.78, 5) is 2.36. The minimum atomic E-state index is -0.132. The summed E-state index contributed by atoms with van der Waals surface area (Å²) in [5, 5.41) is 4.41. The molecule has 282 valence electrons. The van der Waals surface area contributed by atoms with Gasteiger partial charge >= 0.3 is 0 Å². The molecule has 0 radical (unpaired) electrons. The van der Waals surface area contributed by atoms with Crippen LogP contribution in [0, 0.1) is 0 Å². The monoisotopic (exact) mass is 767 g/mol. The number of para-hydroxylation sites is 5. The number of anilines is 3. The zero-order valence-corrected chi connectivity index (χ0v) is 32.7. The van der Waals surface area contributed by atoms with Gasteiger partial charge in [0.25, 0.3) is 0 Å². The number of fused-ring (bicyclic) bond motifs is 13. The number of nitrogens with zero attached hydrogens (tertiary/aromatic N) is 1. The lowest BCUT2D eigenvalue weighted by Crippen LogP contribution is -2.23. The van der Waals surface area contributed by atoms with Gasteiger partial charge in [-0.1, -0.05) is 158 Å². The van der Waals surface area contributed by atoms with E-state index in [9.17, 15) is 0 Å². The number of aryl methyl sites for hydroxylation is 1. The maximum absolute atomic E-state index is 6.74. The van der Waals surface area contributed by atoms with Crippen molar-refractivity contribution in [2.75, 3.05) is 4.90 Å². The smallest absolute Gasteiger partial charge is 0.159 e. The SMILES string of the molecule is c1ccc2c(c1)CCC21c2ccccc2-c2ccc(-c3ccc(N(c4ccccc4-c4cccc5c4oc4ccccc45)c4cccc5c4oc4ccccc45)cc3)cc21. The van der Waals surface area contributed by atoms with E-state index in [0.29, 0.717) is 0 Å². The molecule has 3 heteroatoms. The third-order valence-electron chi connectivity index (χ3n) is 13.3. The fourth-order valence-corrected chi connectivity index (χ4v) is 10.7. The highest BCUT2D eigenvalue weighted by molar-refractivity contribution is 6.13. The number of benzene rings is 9. The Kier molecular flexibility index (Phi) is 7.06. The van der Waals surface area contributed by atoms with E-state index in [2.05, 4.69) is 187 Å². The zero-order valence-electron chi connectivity index (χ0n) is 32.7. The molecule has 2 aromatic heterocycles. The molecule has 1 spiro atoms. The summed E-state index contributed by atoms with van der Waals surface area (Å²) in [7, 11) is 0. The molecule has 0 bridgehead atoms. The third-order valence-corrected chi connectivity index (χ3v) is 13.3. The van der Waals surface area contributed by atoms with Gasteiger partial charge in [-0.25, -0.2) is 0 Å². The van der Waals surface area contributed by atoms with Crippen molar-refractivity contribution < 1.29 is 8.83 Å². The van der Waals surface area contributed by atoms with Crippen molar-refractivity contribution in [3.05, 3.63) is 222 Å². The highest BCUT2D eigenvalue weighted by Crippen LogP contribution is 2.59. The number of furan rings is 2. The standard InChI is InChI=1S/C57H37NO2/c1-6-21-48-37(13-1)33-34-57(48)49-22-7-2-14-40(49)41-32-29-38(35-50(41)57)36-27-30-39(31-28-36)58(52-24-12-20-47-44-17-5-10-26-54(44)60-56(47)52)51-23-8-3-15-42(51)45-18-11-19-46-43-16-4-9-25-53(43)59-55(45)46/h1-32,35H,33-34H2. The van der Waals surface area contributed by atoms with Crippen LogP contribution in [0.2, 0.25) is 0 Å². The Morgan fingerprint density at radius 3 is 1.77 bits per heavy atom. The molecule has 11 aromatic rings. The van der Waals surface area contributed by atoms with Crippen molar-refractivity contribution in [2.24, 2.45) is 0 Å². The van der Waals surface area contributed by atoms with Crippen LogP contribution in [-0.2, 0) is 11.8 Å². The summed E-state index contributed by atoms with van der Waals surface area (Å²) in [6.07, 6.45) is 2.17. The molecule has 2 aliphatic carbocycles. The molecule has 1 unspecified atom stereocenters. The van der Waals surface area contributed by atoms with Gasteiger partial charge in [-0.05, 0) is 99.8 Å². The predicted molar refractivity (Wildman–Crippen MR) is 247 cm³/mol. The molecule has 0 fully saturated rings. The van der Waals surface area contributed by atoms with E-state index in [-0.39, 0.29) is 5.41 Å². The van der Waals surface area contributed by atoms with Crippen molar-refractivity contribution >= 4 is 60.9 Å². The van der Waals surface area contributed by atoms with Crippen molar-refractivity contribution in [3.63, 3.8) is 0 Å². The van der Waals surface area contributed by atoms with Crippen LogP contribution in [0.15, 0.2) is 209 Å². The van der Waals surface area contributed by atoms with Gasteiger partial charge in [-0.15, -0.1) is 0 Å². The van der Waals surface area contributed by atoms with Gasteiger partial charge < -0.3 is 13.7 Å². The molecule has 1 atom stereocenters. The lowest BCUT2D eigenvalue weighted by molar-refractivity contribution is 0.626. The number of hydrogen-bond donors (Lipinski definition) is 0. The molecule has 3 nitrogen and oxygen atoms in total. The maximum atomic E-state index is 6.74. The molecule has 0 N–H and O–H groups in total. The minimum absolute atomic E-state index is 0.132. The Balaban J connectivity index is 0.988. The van der Waals surface area contributed by atoms with E-state index in [4.69, 9.17) is 8.83 Å². The molecule has 13 rings (SSSR count). The largest absolute Gasteiger partial charge is 0.455 e. The Bertz CT molecular complexity index is 3510. The Morgan fingerprint density at radius 2 is 0.950 bits per heavy atom. The van der Waals surface area contributed by atoms with Gasteiger partial charge in [0.2, 0.25) is 0 Å². The summed E-state index contributed by atoms with van der Waals surface area (Å²) < 4.78 is 13.4. The molecule has 2 aliphatic rings. The van der Waals surface area contributed by atoms with E-state index >= 15 is 0 Å². The molecule has 0 saturated carbocycles. The van der Waals surface area contributed by atoms with Crippen LogP contribution in [0.3, 0.4) is 0 Å². The first kappa shape index (κ1) is 33.4. The van der Waals surface area contributed by atoms with Crippen molar-refractivity contribution in [1.82, 2.24) is 0 Å². The van der Waals surface area contributed by atoms with Gasteiger partial charge in [0.05, 0.1) is 11.4 Å². The molecule has 0 aliphatic heterocycles. The van der Waals surface area contributed by atoms with Crippen LogP contribution < -0.4 is 4.90 Å². The normalized spacial score (nSPS) is 15.3. The fraction of sp³-hybridized carbons (Fsp3) is 0.0526. The number of rotatable bonds is 5. The van der Waals surface area contributed by atoms with Crippen molar-refractivity contribution in [1.29, 1.82) is 0 Å². The quantitative estimate of drug-likeness (QED) is 0.175. The van der Waals surface area contributed by atoms with Crippen LogP contribution >= 0.6 is 0 Å². The average Bonchev–Trinajstić information content (AvgIpc) is 4.07. The second-order valence-corrected chi connectivity index (χ2v) is 16.3. The fourth-order valence-electron chi connectivity index (χ4n) is 10.7. The van der Waals surface area contributed by atoms with Crippen LogP contribution in [0.5, 0.6) is 0 Å². The van der Waals surface area contributed by atoms with E-state index in [1.807, 2.05) is 18.2 Å². The van der Waals surface area contributed by atoms with Gasteiger partial charge in [-0.3, -0.25) is 0 Å². The lowest BCUT2D eigenvalue weighted by Gasteiger charge is -2.29. The molecule has 0 amide bonds. The predicted octanol–water partition coefficient (Wildman–Crippen LogP) is 15.6.